The van der Waals surface area contributed by atoms with E-state index in [1.165, 1.54) is 32.2 Å². The molecule has 90 valence electrons. The van der Waals surface area contributed by atoms with Gasteiger partial charge >= 0.3 is 0 Å². The highest BCUT2D eigenvalue weighted by Crippen LogP contribution is 2.35. The van der Waals surface area contributed by atoms with Gasteiger partial charge in [-0.2, -0.15) is 0 Å². The molecular formula is C13H28N2. The zero-order chi connectivity index (χ0) is 11.3. The van der Waals surface area contributed by atoms with Gasteiger partial charge in [-0.05, 0) is 31.8 Å². The van der Waals surface area contributed by atoms with E-state index in [1.54, 1.807) is 0 Å². The molecule has 0 bridgehead atoms. The van der Waals surface area contributed by atoms with E-state index in [4.69, 9.17) is 0 Å². The van der Waals surface area contributed by atoms with Crippen molar-refractivity contribution in [2.24, 2.45) is 5.41 Å². The maximum absolute atomic E-state index is 3.74. The molecule has 0 radical (unpaired) electrons. The summed E-state index contributed by atoms with van der Waals surface area (Å²) in [6.45, 7) is 10.5. The Morgan fingerprint density at radius 3 is 2.67 bits per heavy atom. The summed E-state index contributed by atoms with van der Waals surface area (Å²) < 4.78 is 0. The Labute approximate surface area is 95.4 Å². The molecule has 1 unspecified atom stereocenters. The molecule has 1 rings (SSSR count). The Hall–Kier alpha value is -0.0800. The van der Waals surface area contributed by atoms with Crippen molar-refractivity contribution in [2.45, 2.75) is 52.5 Å². The predicted molar refractivity (Wildman–Crippen MR) is 67.2 cm³/mol. The molecule has 1 fully saturated rings. The number of nitrogens with zero attached hydrogens (tertiary/aromatic N) is 1. The molecule has 0 spiro atoms. The van der Waals surface area contributed by atoms with Gasteiger partial charge < -0.3 is 10.2 Å². The first kappa shape index (κ1) is 13.0. The molecule has 1 atom stereocenters. The van der Waals surface area contributed by atoms with E-state index in [2.05, 4.69) is 38.0 Å². The van der Waals surface area contributed by atoms with E-state index in [1.807, 2.05) is 0 Å². The quantitative estimate of drug-likeness (QED) is 0.753. The fourth-order valence-corrected chi connectivity index (χ4v) is 2.46. The molecule has 0 aliphatic heterocycles. The van der Waals surface area contributed by atoms with Gasteiger partial charge in [0.1, 0.15) is 0 Å². The van der Waals surface area contributed by atoms with E-state index in [-0.39, 0.29) is 0 Å². The summed E-state index contributed by atoms with van der Waals surface area (Å²) in [7, 11) is 2.19. The van der Waals surface area contributed by atoms with Crippen molar-refractivity contribution in [3.8, 4) is 0 Å². The predicted octanol–water partition coefficient (Wildman–Crippen LogP) is 2.50. The highest BCUT2D eigenvalue weighted by atomic mass is 15.1. The Bertz CT molecular complexity index is 177. The molecule has 1 aliphatic rings. The van der Waals surface area contributed by atoms with E-state index in [0.717, 1.165) is 19.1 Å². The van der Waals surface area contributed by atoms with Crippen molar-refractivity contribution in [3.63, 3.8) is 0 Å². The average molecular weight is 212 g/mol. The van der Waals surface area contributed by atoms with Gasteiger partial charge in [0.15, 0.2) is 0 Å². The van der Waals surface area contributed by atoms with Gasteiger partial charge in [-0.25, -0.2) is 0 Å². The minimum atomic E-state index is 0.503. The summed E-state index contributed by atoms with van der Waals surface area (Å²) in [5.74, 6) is 0. The van der Waals surface area contributed by atoms with Crippen LogP contribution in [0.3, 0.4) is 0 Å². The maximum Gasteiger partial charge on any atom is 0.0119 e. The molecule has 2 nitrogen and oxygen atoms in total. The fourth-order valence-electron chi connectivity index (χ4n) is 2.46. The summed E-state index contributed by atoms with van der Waals surface area (Å²) in [5, 5.41) is 3.74. The summed E-state index contributed by atoms with van der Waals surface area (Å²) >= 11 is 0. The Balaban J connectivity index is 2.24. The minimum absolute atomic E-state index is 0.503. The highest BCUT2D eigenvalue weighted by molar-refractivity contribution is 4.87. The van der Waals surface area contributed by atoms with E-state index >= 15 is 0 Å². The van der Waals surface area contributed by atoms with Gasteiger partial charge in [-0.15, -0.1) is 0 Å². The zero-order valence-electron chi connectivity index (χ0n) is 11.0. The number of rotatable bonds is 5. The van der Waals surface area contributed by atoms with Crippen LogP contribution < -0.4 is 5.32 Å². The molecule has 0 aromatic heterocycles. The highest BCUT2D eigenvalue weighted by Gasteiger charge is 2.31. The van der Waals surface area contributed by atoms with Crippen LogP contribution in [0, 0.1) is 5.41 Å². The smallest absolute Gasteiger partial charge is 0.0119 e. The number of likely N-dealkylation sites (N-methyl/N-ethyl adjacent to an activating group) is 1. The molecule has 0 heterocycles. The third-order valence-electron chi connectivity index (χ3n) is 3.93. The normalized spacial score (nSPS) is 25.8. The summed E-state index contributed by atoms with van der Waals surface area (Å²) in [4.78, 5) is 2.36. The molecule has 0 aromatic carbocycles. The van der Waals surface area contributed by atoms with Crippen LogP contribution in [0.25, 0.3) is 0 Å². The summed E-state index contributed by atoms with van der Waals surface area (Å²) in [5.41, 5.74) is 0.503. The number of nitrogens with one attached hydrogen (secondary N) is 1. The molecule has 0 aromatic rings. The minimum Gasteiger partial charge on any atom is -0.312 e. The van der Waals surface area contributed by atoms with Gasteiger partial charge in [0, 0.05) is 19.1 Å². The first-order chi connectivity index (χ1) is 7.06. The second-order valence-corrected chi connectivity index (χ2v) is 5.64. The van der Waals surface area contributed by atoms with Crippen molar-refractivity contribution in [2.75, 3.05) is 26.7 Å². The molecule has 0 amide bonds. The van der Waals surface area contributed by atoms with Crippen LogP contribution in [-0.4, -0.2) is 37.6 Å². The molecule has 1 N–H and O–H groups in total. The monoisotopic (exact) mass is 212 g/mol. The van der Waals surface area contributed by atoms with Gasteiger partial charge in [-0.1, -0.05) is 33.6 Å². The van der Waals surface area contributed by atoms with Crippen LogP contribution in [0.15, 0.2) is 0 Å². The lowest BCUT2D eigenvalue weighted by Crippen LogP contribution is -2.46. The molecule has 0 saturated heterocycles. The number of hydrogen-bond acceptors (Lipinski definition) is 2. The van der Waals surface area contributed by atoms with Crippen molar-refractivity contribution < 1.29 is 0 Å². The molecule has 1 aliphatic carbocycles. The van der Waals surface area contributed by atoms with Crippen LogP contribution in [0.2, 0.25) is 0 Å². The second kappa shape index (κ2) is 5.86. The summed E-state index contributed by atoms with van der Waals surface area (Å²) in [6.07, 6.45) is 5.57. The van der Waals surface area contributed by atoms with Crippen molar-refractivity contribution >= 4 is 0 Å². The fraction of sp³-hybridized carbons (Fsp3) is 1.00. The van der Waals surface area contributed by atoms with Crippen LogP contribution in [-0.2, 0) is 0 Å². The Morgan fingerprint density at radius 2 is 2.07 bits per heavy atom. The van der Waals surface area contributed by atoms with Gasteiger partial charge in [-0.3, -0.25) is 0 Å². The van der Waals surface area contributed by atoms with Crippen molar-refractivity contribution in [3.05, 3.63) is 0 Å². The molecule has 1 saturated carbocycles. The van der Waals surface area contributed by atoms with Gasteiger partial charge in [0.05, 0.1) is 0 Å². The Morgan fingerprint density at radius 1 is 1.33 bits per heavy atom. The zero-order valence-corrected chi connectivity index (χ0v) is 11.0. The van der Waals surface area contributed by atoms with Crippen LogP contribution >= 0.6 is 0 Å². The van der Waals surface area contributed by atoms with Crippen molar-refractivity contribution in [1.29, 1.82) is 0 Å². The van der Waals surface area contributed by atoms with Crippen LogP contribution in [0.5, 0.6) is 0 Å². The van der Waals surface area contributed by atoms with Crippen molar-refractivity contribution in [1.82, 2.24) is 10.2 Å². The van der Waals surface area contributed by atoms with Crippen LogP contribution in [0.1, 0.15) is 46.5 Å². The lowest BCUT2D eigenvalue weighted by Gasteiger charge is -2.39. The maximum atomic E-state index is 3.74. The van der Waals surface area contributed by atoms with Gasteiger partial charge in [0.2, 0.25) is 0 Å². The lowest BCUT2D eigenvalue weighted by molar-refractivity contribution is 0.164. The molecule has 15 heavy (non-hydrogen) atoms. The Kier molecular flexibility index (Phi) is 5.07. The van der Waals surface area contributed by atoms with E-state index < -0.39 is 0 Å². The largest absolute Gasteiger partial charge is 0.312 e. The first-order valence-electron chi connectivity index (χ1n) is 6.48. The van der Waals surface area contributed by atoms with Gasteiger partial charge in [0.25, 0.3) is 0 Å². The standard InChI is InChI=1S/C13H28N2/c1-5-15(4)11-10-14-12-8-6-7-9-13(12,2)3/h12,14H,5-11H2,1-4H3. The second-order valence-electron chi connectivity index (χ2n) is 5.64. The van der Waals surface area contributed by atoms with E-state index in [9.17, 15) is 0 Å². The third-order valence-corrected chi connectivity index (χ3v) is 3.93. The third kappa shape index (κ3) is 4.12. The average Bonchev–Trinajstić information content (AvgIpc) is 2.20. The number of hydrogen-bond donors (Lipinski definition) is 1. The van der Waals surface area contributed by atoms with Crippen LogP contribution in [0.4, 0.5) is 0 Å². The van der Waals surface area contributed by atoms with E-state index in [0.29, 0.717) is 5.41 Å². The first-order valence-corrected chi connectivity index (χ1v) is 6.48. The lowest BCUT2D eigenvalue weighted by atomic mass is 9.73. The molecule has 2 heteroatoms. The summed E-state index contributed by atoms with van der Waals surface area (Å²) in [6, 6.07) is 0.733. The topological polar surface area (TPSA) is 15.3 Å². The molecular weight excluding hydrogens is 184 g/mol. The SMILES string of the molecule is CCN(C)CCNC1CCCCC1(C)C.